The van der Waals surface area contributed by atoms with Crippen LogP contribution in [0.25, 0.3) is 16.6 Å². The molecule has 0 unspecified atom stereocenters. The number of rotatable bonds is 11. The number of amides is 1. The molecule has 6 rings (SSSR count). The van der Waals surface area contributed by atoms with E-state index in [-0.39, 0.29) is 17.1 Å². The molecule has 1 saturated heterocycles. The van der Waals surface area contributed by atoms with Gasteiger partial charge in [0.2, 0.25) is 0 Å². The SMILES string of the molecule is COc1cc2c(Oc3ccc(NC(=O)c4nccn(-c5ccccc5)c4=O)cc3F)ccnc2cc1OCCCN1CCCCC1. The molecule has 1 fully saturated rings. The number of pyridine rings is 1. The Morgan fingerprint density at radius 1 is 0.913 bits per heavy atom. The fraction of sp³-hybridized carbons (Fsp3) is 0.257. The predicted octanol–water partition coefficient (Wildman–Crippen LogP) is 6.23. The zero-order chi connectivity index (χ0) is 31.9. The Morgan fingerprint density at radius 2 is 1.74 bits per heavy atom. The number of likely N-dealkylation sites (tertiary alicyclic amines) is 1. The molecule has 0 aliphatic carbocycles. The first-order chi connectivity index (χ1) is 22.5. The number of fused-ring (bicyclic) bond motifs is 1. The number of ether oxygens (including phenoxy) is 3. The van der Waals surface area contributed by atoms with Crippen molar-refractivity contribution in [3.05, 3.63) is 107 Å². The lowest BCUT2D eigenvalue weighted by molar-refractivity contribution is 0.102. The third-order valence-electron chi connectivity index (χ3n) is 7.81. The smallest absolute Gasteiger partial charge is 0.286 e. The van der Waals surface area contributed by atoms with Gasteiger partial charge < -0.3 is 24.4 Å². The van der Waals surface area contributed by atoms with Crippen molar-refractivity contribution >= 4 is 22.5 Å². The first-order valence-corrected chi connectivity index (χ1v) is 15.2. The predicted molar refractivity (Wildman–Crippen MR) is 173 cm³/mol. The van der Waals surface area contributed by atoms with Gasteiger partial charge in [0.25, 0.3) is 11.5 Å². The maximum atomic E-state index is 15.2. The number of carbonyl (C=O) groups excluding carboxylic acids is 1. The molecule has 10 nitrogen and oxygen atoms in total. The van der Waals surface area contributed by atoms with Crippen molar-refractivity contribution in [2.45, 2.75) is 25.7 Å². The van der Waals surface area contributed by atoms with Gasteiger partial charge in [-0.05, 0) is 68.8 Å². The molecular formula is C35H34FN5O5. The zero-order valence-electron chi connectivity index (χ0n) is 25.4. The molecule has 1 aliphatic rings. The molecule has 5 aromatic rings. The summed E-state index contributed by atoms with van der Waals surface area (Å²) >= 11 is 0. The van der Waals surface area contributed by atoms with E-state index >= 15 is 4.39 Å². The average Bonchev–Trinajstić information content (AvgIpc) is 3.08. The van der Waals surface area contributed by atoms with E-state index in [1.165, 1.54) is 48.4 Å². The second-order valence-electron chi connectivity index (χ2n) is 10.9. The Morgan fingerprint density at radius 3 is 2.52 bits per heavy atom. The molecule has 0 saturated carbocycles. The van der Waals surface area contributed by atoms with Gasteiger partial charge in [0.1, 0.15) is 5.75 Å². The molecule has 1 aliphatic heterocycles. The minimum Gasteiger partial charge on any atom is -0.493 e. The van der Waals surface area contributed by atoms with Gasteiger partial charge in [-0.2, -0.15) is 0 Å². The van der Waals surface area contributed by atoms with E-state index in [0.29, 0.717) is 40.4 Å². The van der Waals surface area contributed by atoms with Crippen molar-refractivity contribution in [3.63, 3.8) is 0 Å². The number of hydrogen-bond acceptors (Lipinski definition) is 8. The fourth-order valence-electron chi connectivity index (χ4n) is 5.47. The van der Waals surface area contributed by atoms with Gasteiger partial charge in [-0.25, -0.2) is 9.37 Å². The van der Waals surface area contributed by atoms with Crippen LogP contribution >= 0.6 is 0 Å². The number of para-hydroxylation sites is 1. The molecular weight excluding hydrogens is 589 g/mol. The molecule has 0 bridgehead atoms. The lowest BCUT2D eigenvalue weighted by atomic mass is 10.1. The van der Waals surface area contributed by atoms with E-state index in [9.17, 15) is 9.59 Å². The molecule has 46 heavy (non-hydrogen) atoms. The van der Waals surface area contributed by atoms with Crippen LogP contribution in [0.5, 0.6) is 23.0 Å². The number of nitrogens with one attached hydrogen (secondary N) is 1. The van der Waals surface area contributed by atoms with Crippen LogP contribution in [-0.2, 0) is 0 Å². The third-order valence-corrected chi connectivity index (χ3v) is 7.81. The number of piperidine rings is 1. The lowest BCUT2D eigenvalue weighted by Gasteiger charge is -2.26. The van der Waals surface area contributed by atoms with Crippen molar-refractivity contribution in [2.24, 2.45) is 0 Å². The summed E-state index contributed by atoms with van der Waals surface area (Å²) in [6.45, 7) is 3.84. The molecule has 0 spiro atoms. The quantitative estimate of drug-likeness (QED) is 0.173. The number of anilines is 1. The topological polar surface area (TPSA) is 108 Å². The minimum atomic E-state index is -0.764. The summed E-state index contributed by atoms with van der Waals surface area (Å²) in [6.07, 6.45) is 9.13. The second kappa shape index (κ2) is 14.2. The zero-order valence-corrected chi connectivity index (χ0v) is 25.4. The summed E-state index contributed by atoms with van der Waals surface area (Å²) in [4.78, 5) is 36.7. The van der Waals surface area contributed by atoms with Gasteiger partial charge >= 0.3 is 0 Å². The Labute approximate surface area is 265 Å². The first-order valence-electron chi connectivity index (χ1n) is 15.2. The van der Waals surface area contributed by atoms with Crippen molar-refractivity contribution in [3.8, 4) is 28.7 Å². The van der Waals surface area contributed by atoms with Crippen molar-refractivity contribution in [1.82, 2.24) is 19.4 Å². The van der Waals surface area contributed by atoms with E-state index in [0.717, 1.165) is 32.1 Å². The molecule has 236 valence electrons. The Kier molecular flexibility index (Phi) is 9.49. The van der Waals surface area contributed by atoms with Gasteiger partial charge in [0.15, 0.2) is 28.8 Å². The highest BCUT2D eigenvalue weighted by Gasteiger charge is 2.18. The third kappa shape index (κ3) is 7.00. The van der Waals surface area contributed by atoms with Crippen molar-refractivity contribution in [1.29, 1.82) is 0 Å². The minimum absolute atomic E-state index is 0.0632. The summed E-state index contributed by atoms with van der Waals surface area (Å²) in [5.41, 5.74) is 0.400. The van der Waals surface area contributed by atoms with Crippen LogP contribution in [0.1, 0.15) is 36.2 Å². The maximum absolute atomic E-state index is 15.2. The molecule has 0 atom stereocenters. The number of halogens is 1. The molecule has 1 amide bonds. The molecule has 3 aromatic carbocycles. The maximum Gasteiger partial charge on any atom is 0.286 e. The standard InChI is InChI=1S/C35H34FN5O5/c1-44-31-22-26-28(23-32(31)45-20-8-18-40-16-6-3-7-17-40)37-14-13-29(26)46-30-12-11-24(21-27(30)36)39-34(42)33-35(43)41(19-15-38-33)25-9-4-2-5-10-25/h2,4-5,9-15,19,21-23H,3,6-8,16-18,20H2,1H3,(H,39,42). The molecule has 11 heteroatoms. The summed E-state index contributed by atoms with van der Waals surface area (Å²) < 4.78 is 34.2. The van der Waals surface area contributed by atoms with Crippen molar-refractivity contribution in [2.75, 3.05) is 38.7 Å². The monoisotopic (exact) mass is 623 g/mol. The van der Waals surface area contributed by atoms with Gasteiger partial charge in [0.05, 0.1) is 19.2 Å². The highest BCUT2D eigenvalue weighted by Crippen LogP contribution is 2.38. The Hall–Kier alpha value is -5.29. The van der Waals surface area contributed by atoms with Crippen LogP contribution in [0.2, 0.25) is 0 Å². The highest BCUT2D eigenvalue weighted by molar-refractivity contribution is 6.02. The summed E-state index contributed by atoms with van der Waals surface area (Å²) in [7, 11) is 1.56. The number of aromatic nitrogens is 3. The van der Waals surface area contributed by atoms with Crippen LogP contribution in [-0.4, -0.2) is 58.7 Å². The van der Waals surface area contributed by atoms with Gasteiger partial charge in [0, 0.05) is 54.0 Å². The van der Waals surface area contributed by atoms with Crippen LogP contribution in [0.3, 0.4) is 0 Å². The summed E-state index contributed by atoms with van der Waals surface area (Å²) in [5, 5.41) is 3.16. The molecule has 3 heterocycles. The number of hydrogen-bond donors (Lipinski definition) is 1. The van der Waals surface area contributed by atoms with Gasteiger partial charge in [-0.1, -0.05) is 24.6 Å². The molecule has 2 aromatic heterocycles. The fourth-order valence-corrected chi connectivity index (χ4v) is 5.47. The number of methoxy groups -OCH3 is 1. The number of nitrogens with zero attached hydrogens (tertiary/aromatic N) is 4. The molecule has 1 N–H and O–H groups in total. The summed E-state index contributed by atoms with van der Waals surface area (Å²) in [5.74, 6) is -0.0840. The van der Waals surface area contributed by atoms with Crippen molar-refractivity contribution < 1.29 is 23.4 Å². The van der Waals surface area contributed by atoms with E-state index in [2.05, 4.69) is 20.2 Å². The Balaban J connectivity index is 1.14. The summed E-state index contributed by atoms with van der Waals surface area (Å²) in [6, 6.07) is 18.1. The Bertz CT molecular complexity index is 1890. The lowest BCUT2D eigenvalue weighted by Crippen LogP contribution is -2.31. The van der Waals surface area contributed by atoms with Crippen LogP contribution in [0, 0.1) is 5.82 Å². The highest BCUT2D eigenvalue weighted by atomic mass is 19.1. The van der Waals surface area contributed by atoms with Crippen LogP contribution < -0.4 is 25.1 Å². The van der Waals surface area contributed by atoms with Gasteiger partial charge in [-0.3, -0.25) is 19.1 Å². The number of benzene rings is 3. The molecule has 0 radical (unpaired) electrons. The average molecular weight is 624 g/mol. The van der Waals surface area contributed by atoms with E-state index in [1.807, 2.05) is 6.07 Å². The normalized spacial score (nSPS) is 13.3. The van der Waals surface area contributed by atoms with Gasteiger partial charge in [-0.15, -0.1) is 0 Å². The van der Waals surface area contributed by atoms with Crippen LogP contribution in [0.4, 0.5) is 10.1 Å². The largest absolute Gasteiger partial charge is 0.493 e. The van der Waals surface area contributed by atoms with E-state index in [4.69, 9.17) is 14.2 Å². The van der Waals surface area contributed by atoms with E-state index in [1.54, 1.807) is 55.8 Å². The van der Waals surface area contributed by atoms with Crippen LogP contribution in [0.15, 0.2) is 90.1 Å². The second-order valence-corrected chi connectivity index (χ2v) is 10.9. The first kappa shape index (κ1) is 30.7. The number of carbonyl (C=O) groups is 1. The van der Waals surface area contributed by atoms with E-state index < -0.39 is 17.3 Å².